The van der Waals surface area contributed by atoms with Crippen molar-refractivity contribution in [3.63, 3.8) is 0 Å². The van der Waals surface area contributed by atoms with Crippen molar-refractivity contribution in [3.05, 3.63) is 45.3 Å². The lowest BCUT2D eigenvalue weighted by Gasteiger charge is -2.09. The molecule has 1 aromatic heterocycles. The quantitative estimate of drug-likeness (QED) is 0.414. The van der Waals surface area contributed by atoms with E-state index in [0.717, 1.165) is 10.2 Å². The summed E-state index contributed by atoms with van der Waals surface area (Å²) in [6.45, 7) is 5.28. The molecule has 0 atom stereocenters. The van der Waals surface area contributed by atoms with E-state index in [1.165, 1.54) is 12.1 Å². The Hall–Kier alpha value is -3.30. The monoisotopic (exact) mass is 362 g/mol. The maximum atomic E-state index is 12.1. The minimum atomic E-state index is -0.770. The molecule has 0 fully saturated rings. The Bertz CT molecular complexity index is 845. The summed E-state index contributed by atoms with van der Waals surface area (Å²) in [6, 6.07) is 4.43. The van der Waals surface area contributed by atoms with Gasteiger partial charge in [-0.25, -0.2) is 9.48 Å². The van der Waals surface area contributed by atoms with Gasteiger partial charge >= 0.3 is 11.9 Å². The van der Waals surface area contributed by atoms with Crippen molar-refractivity contribution in [1.82, 2.24) is 15.0 Å². The molecule has 1 heterocycles. The van der Waals surface area contributed by atoms with Crippen molar-refractivity contribution in [1.29, 1.82) is 0 Å². The third-order valence-corrected chi connectivity index (χ3v) is 3.40. The number of rotatable bonds is 7. The van der Waals surface area contributed by atoms with Crippen LogP contribution in [0.1, 0.15) is 35.6 Å². The molecule has 0 unspecified atom stereocenters. The number of esters is 2. The van der Waals surface area contributed by atoms with Crippen LogP contribution >= 0.6 is 0 Å². The number of aryl methyl sites for hydroxylation is 1. The predicted molar refractivity (Wildman–Crippen MR) is 89.0 cm³/mol. The molecular weight excluding hydrogens is 344 g/mol. The van der Waals surface area contributed by atoms with Crippen LogP contribution in [0.3, 0.4) is 0 Å². The van der Waals surface area contributed by atoms with E-state index in [1.807, 2.05) is 0 Å². The van der Waals surface area contributed by atoms with E-state index in [1.54, 1.807) is 26.8 Å². The number of aromatic nitrogens is 3. The Morgan fingerprint density at radius 3 is 2.54 bits per heavy atom. The van der Waals surface area contributed by atoms with Gasteiger partial charge in [-0.1, -0.05) is 11.3 Å². The summed E-state index contributed by atoms with van der Waals surface area (Å²) in [5.41, 5.74) is 0.477. The summed E-state index contributed by atoms with van der Waals surface area (Å²) in [5, 5.41) is 18.9. The lowest BCUT2D eigenvalue weighted by Crippen LogP contribution is -2.16. The second kappa shape index (κ2) is 8.19. The van der Waals surface area contributed by atoms with E-state index in [0.29, 0.717) is 0 Å². The Kier molecular flexibility index (Phi) is 5.99. The average molecular weight is 362 g/mol. The third-order valence-electron chi connectivity index (χ3n) is 3.40. The number of nitro groups is 1. The maximum absolute atomic E-state index is 12.1. The fourth-order valence-electron chi connectivity index (χ4n) is 2.32. The van der Waals surface area contributed by atoms with Crippen molar-refractivity contribution in [2.75, 3.05) is 13.2 Å². The molecule has 10 heteroatoms. The minimum Gasteiger partial charge on any atom is -0.466 e. The molecule has 2 aromatic rings. The highest BCUT2D eigenvalue weighted by Gasteiger charge is 2.27. The first-order valence-electron chi connectivity index (χ1n) is 7.91. The average Bonchev–Trinajstić information content (AvgIpc) is 2.98. The molecule has 0 saturated heterocycles. The standard InChI is InChI=1S/C16H18N4O6/c1-4-25-14(21)9-13-15(16(22)26-5-2)17-18-19(13)12-8-10(3)6-7-11(12)20(23)24/h6-8H,4-5,9H2,1-3H3. The zero-order valence-corrected chi connectivity index (χ0v) is 14.6. The lowest BCUT2D eigenvalue weighted by atomic mass is 10.1. The first-order chi connectivity index (χ1) is 12.4. The number of carbonyl (C=O) groups excluding carboxylic acids is 2. The van der Waals surface area contributed by atoms with Gasteiger partial charge in [0.25, 0.3) is 5.69 Å². The summed E-state index contributed by atoms with van der Waals surface area (Å²) in [7, 11) is 0. The van der Waals surface area contributed by atoms with E-state index in [-0.39, 0.29) is 42.4 Å². The van der Waals surface area contributed by atoms with Gasteiger partial charge in [0.15, 0.2) is 5.69 Å². The largest absolute Gasteiger partial charge is 0.466 e. The fraction of sp³-hybridized carbons (Fsp3) is 0.375. The van der Waals surface area contributed by atoms with Crippen molar-refractivity contribution in [2.45, 2.75) is 27.2 Å². The topological polar surface area (TPSA) is 126 Å². The SMILES string of the molecule is CCOC(=O)Cc1c(C(=O)OCC)nnn1-c1cc(C)ccc1[N+](=O)[O-]. The molecule has 138 valence electrons. The van der Waals surface area contributed by atoms with Gasteiger partial charge in [0.05, 0.1) is 30.3 Å². The normalized spacial score (nSPS) is 10.4. The molecule has 10 nitrogen and oxygen atoms in total. The van der Waals surface area contributed by atoms with Crippen LogP contribution in [0.5, 0.6) is 0 Å². The van der Waals surface area contributed by atoms with Gasteiger partial charge in [0, 0.05) is 6.07 Å². The van der Waals surface area contributed by atoms with Gasteiger partial charge in [0.2, 0.25) is 0 Å². The Labute approximate surface area is 148 Å². The highest BCUT2D eigenvalue weighted by atomic mass is 16.6. The number of ether oxygens (including phenoxy) is 2. The molecule has 2 rings (SSSR count). The predicted octanol–water partition coefficient (Wildman–Crippen LogP) is 1.77. The van der Waals surface area contributed by atoms with Gasteiger partial charge in [-0.2, -0.15) is 0 Å². The molecule has 0 N–H and O–H groups in total. The minimum absolute atomic E-state index is 0.0654. The van der Waals surface area contributed by atoms with E-state index in [4.69, 9.17) is 9.47 Å². The van der Waals surface area contributed by atoms with E-state index in [2.05, 4.69) is 10.3 Å². The number of benzene rings is 1. The van der Waals surface area contributed by atoms with Gasteiger partial charge in [-0.15, -0.1) is 5.10 Å². The maximum Gasteiger partial charge on any atom is 0.360 e. The summed E-state index contributed by atoms with van der Waals surface area (Å²) in [6.07, 6.45) is -0.333. The summed E-state index contributed by atoms with van der Waals surface area (Å²) in [4.78, 5) is 34.8. The van der Waals surface area contributed by atoms with E-state index in [9.17, 15) is 19.7 Å². The summed E-state index contributed by atoms with van der Waals surface area (Å²) >= 11 is 0. The van der Waals surface area contributed by atoms with Crippen molar-refractivity contribution in [3.8, 4) is 5.69 Å². The van der Waals surface area contributed by atoms with Crippen molar-refractivity contribution < 1.29 is 24.0 Å². The van der Waals surface area contributed by atoms with E-state index < -0.39 is 16.9 Å². The van der Waals surface area contributed by atoms with Gasteiger partial charge < -0.3 is 9.47 Å². The van der Waals surface area contributed by atoms with Crippen LogP contribution in [0.2, 0.25) is 0 Å². The lowest BCUT2D eigenvalue weighted by molar-refractivity contribution is -0.384. The zero-order valence-electron chi connectivity index (χ0n) is 14.6. The highest BCUT2D eigenvalue weighted by molar-refractivity contribution is 5.90. The summed E-state index contributed by atoms with van der Waals surface area (Å²) < 4.78 is 10.9. The van der Waals surface area contributed by atoms with E-state index >= 15 is 0 Å². The second-order valence-corrected chi connectivity index (χ2v) is 5.25. The van der Waals surface area contributed by atoms with Crippen LogP contribution in [0.25, 0.3) is 5.69 Å². The molecule has 0 aliphatic carbocycles. The molecule has 0 radical (unpaired) electrons. The van der Waals surface area contributed by atoms with Crippen LogP contribution in [-0.4, -0.2) is 45.1 Å². The van der Waals surface area contributed by atoms with Crippen molar-refractivity contribution >= 4 is 17.6 Å². The number of hydrogen-bond donors (Lipinski definition) is 0. The Balaban J connectivity index is 2.62. The third kappa shape index (κ3) is 4.02. The van der Waals surface area contributed by atoms with Crippen LogP contribution in [0.15, 0.2) is 18.2 Å². The molecule has 1 aromatic carbocycles. The number of carbonyl (C=O) groups is 2. The molecule has 0 aliphatic heterocycles. The molecule has 0 spiro atoms. The molecule has 0 amide bonds. The highest BCUT2D eigenvalue weighted by Crippen LogP contribution is 2.26. The van der Waals surface area contributed by atoms with Crippen LogP contribution in [0.4, 0.5) is 5.69 Å². The smallest absolute Gasteiger partial charge is 0.360 e. The van der Waals surface area contributed by atoms with Crippen LogP contribution in [0, 0.1) is 17.0 Å². The molecule has 0 saturated carbocycles. The first kappa shape index (κ1) is 19.0. The van der Waals surface area contributed by atoms with Crippen LogP contribution in [-0.2, 0) is 20.7 Å². The Morgan fingerprint density at radius 2 is 1.92 bits per heavy atom. The number of nitrogens with zero attached hydrogens (tertiary/aromatic N) is 4. The molecular formula is C16H18N4O6. The molecule has 0 aliphatic rings. The first-order valence-corrected chi connectivity index (χ1v) is 7.91. The zero-order chi connectivity index (χ0) is 19.3. The van der Waals surface area contributed by atoms with Crippen LogP contribution < -0.4 is 0 Å². The van der Waals surface area contributed by atoms with Crippen molar-refractivity contribution in [2.24, 2.45) is 0 Å². The Morgan fingerprint density at radius 1 is 1.23 bits per heavy atom. The van der Waals surface area contributed by atoms with Gasteiger partial charge in [0.1, 0.15) is 5.69 Å². The molecule has 0 bridgehead atoms. The molecule has 26 heavy (non-hydrogen) atoms. The fourth-order valence-corrected chi connectivity index (χ4v) is 2.32. The number of hydrogen-bond acceptors (Lipinski definition) is 8. The van der Waals surface area contributed by atoms with Gasteiger partial charge in [-0.3, -0.25) is 14.9 Å². The summed E-state index contributed by atoms with van der Waals surface area (Å²) in [5.74, 6) is -1.38. The second-order valence-electron chi connectivity index (χ2n) is 5.25. The van der Waals surface area contributed by atoms with Gasteiger partial charge in [-0.05, 0) is 32.4 Å². The number of nitro benzene ring substituents is 1.